The average Bonchev–Trinajstić information content (AvgIpc) is 2.35. The molecule has 11 heavy (non-hydrogen) atoms. The second-order valence-electron chi connectivity index (χ2n) is 2.81. The zero-order valence-corrected chi connectivity index (χ0v) is 6.67. The summed E-state index contributed by atoms with van der Waals surface area (Å²) in [6, 6.07) is 0.456. The van der Waals surface area contributed by atoms with E-state index in [1.807, 2.05) is 0 Å². The Morgan fingerprint density at radius 3 is 3.00 bits per heavy atom. The maximum Gasteiger partial charge on any atom is 0.330 e. The molecule has 2 unspecified atom stereocenters. The molecule has 1 rings (SSSR count). The van der Waals surface area contributed by atoms with Crippen LogP contribution in [-0.4, -0.2) is 24.7 Å². The van der Waals surface area contributed by atoms with Crippen LogP contribution >= 0.6 is 0 Å². The summed E-state index contributed by atoms with van der Waals surface area (Å²) in [6.07, 6.45) is 2.14. The van der Waals surface area contributed by atoms with Crippen LogP contribution in [0.4, 0.5) is 0 Å². The van der Waals surface area contributed by atoms with Crippen molar-refractivity contribution in [3.8, 4) is 0 Å². The number of carbonyl (C=O) groups excluding carboxylic acids is 1. The van der Waals surface area contributed by atoms with E-state index in [1.54, 1.807) is 0 Å². The molecular formula is C8H13NO2. The molecule has 1 fully saturated rings. The first-order valence-corrected chi connectivity index (χ1v) is 3.79. The largest absolute Gasteiger partial charge is 0.458 e. The monoisotopic (exact) mass is 155 g/mol. The van der Waals surface area contributed by atoms with E-state index in [2.05, 4.69) is 18.8 Å². The molecule has 1 aliphatic rings. The summed E-state index contributed by atoms with van der Waals surface area (Å²) in [5.41, 5.74) is 0. The Bertz CT molecular complexity index is 167. The summed E-state index contributed by atoms with van der Waals surface area (Å²) >= 11 is 0. The highest BCUT2D eigenvalue weighted by Crippen LogP contribution is 2.09. The minimum absolute atomic E-state index is 0.0375. The maximum atomic E-state index is 10.7. The smallest absolute Gasteiger partial charge is 0.330 e. The van der Waals surface area contributed by atoms with Gasteiger partial charge in [0.15, 0.2) is 0 Å². The van der Waals surface area contributed by atoms with E-state index in [-0.39, 0.29) is 12.1 Å². The standard InChI is InChI=1S/C8H13NO2/c1-3-8(10)11-7-4-6(2)9-5-7/h3,6-7,9H,1,4-5H2,2H3. The van der Waals surface area contributed by atoms with Crippen LogP contribution in [0.2, 0.25) is 0 Å². The van der Waals surface area contributed by atoms with Gasteiger partial charge >= 0.3 is 5.97 Å². The molecule has 1 N–H and O–H groups in total. The van der Waals surface area contributed by atoms with Crippen molar-refractivity contribution in [3.05, 3.63) is 12.7 Å². The third-order valence-corrected chi connectivity index (χ3v) is 1.76. The molecule has 0 aromatic heterocycles. The molecule has 1 heterocycles. The van der Waals surface area contributed by atoms with Crippen LogP contribution in [0.5, 0.6) is 0 Å². The second kappa shape index (κ2) is 3.53. The van der Waals surface area contributed by atoms with E-state index in [0.29, 0.717) is 6.04 Å². The Balaban J connectivity index is 2.28. The van der Waals surface area contributed by atoms with Crippen LogP contribution in [-0.2, 0) is 9.53 Å². The molecule has 0 bridgehead atoms. The number of esters is 1. The lowest BCUT2D eigenvalue weighted by Gasteiger charge is -2.07. The molecule has 0 amide bonds. The lowest BCUT2D eigenvalue weighted by molar-refractivity contribution is -0.142. The molecule has 1 aliphatic heterocycles. The average molecular weight is 155 g/mol. The number of ether oxygens (including phenoxy) is 1. The van der Waals surface area contributed by atoms with Crippen LogP contribution in [0.3, 0.4) is 0 Å². The van der Waals surface area contributed by atoms with Crippen molar-refractivity contribution in [2.75, 3.05) is 6.54 Å². The van der Waals surface area contributed by atoms with Gasteiger partial charge in [0, 0.05) is 25.1 Å². The molecule has 2 atom stereocenters. The number of hydrogen-bond donors (Lipinski definition) is 1. The van der Waals surface area contributed by atoms with Crippen LogP contribution in [0.1, 0.15) is 13.3 Å². The van der Waals surface area contributed by atoms with Gasteiger partial charge in [-0.25, -0.2) is 4.79 Å². The number of nitrogens with one attached hydrogen (secondary N) is 1. The molecule has 0 radical (unpaired) electrons. The van der Waals surface area contributed by atoms with Crippen molar-refractivity contribution in [1.29, 1.82) is 0 Å². The third kappa shape index (κ3) is 2.35. The lowest BCUT2D eigenvalue weighted by atomic mass is 10.2. The van der Waals surface area contributed by atoms with Crippen molar-refractivity contribution in [3.63, 3.8) is 0 Å². The van der Waals surface area contributed by atoms with Gasteiger partial charge in [0.1, 0.15) is 6.10 Å². The second-order valence-corrected chi connectivity index (χ2v) is 2.81. The summed E-state index contributed by atoms with van der Waals surface area (Å²) in [6.45, 7) is 6.16. The summed E-state index contributed by atoms with van der Waals surface area (Å²) < 4.78 is 5.01. The molecule has 1 saturated heterocycles. The van der Waals surface area contributed by atoms with Crippen molar-refractivity contribution < 1.29 is 9.53 Å². The highest BCUT2D eigenvalue weighted by atomic mass is 16.5. The fraction of sp³-hybridized carbons (Fsp3) is 0.625. The van der Waals surface area contributed by atoms with Crippen molar-refractivity contribution in [2.24, 2.45) is 0 Å². The van der Waals surface area contributed by atoms with E-state index in [4.69, 9.17) is 4.74 Å². The minimum atomic E-state index is -0.328. The first kappa shape index (κ1) is 8.27. The molecule has 3 nitrogen and oxygen atoms in total. The first-order chi connectivity index (χ1) is 5.22. The van der Waals surface area contributed by atoms with Gasteiger partial charge in [-0.05, 0) is 6.92 Å². The topological polar surface area (TPSA) is 38.3 Å². The van der Waals surface area contributed by atoms with Crippen LogP contribution in [0, 0.1) is 0 Å². The molecule has 62 valence electrons. The van der Waals surface area contributed by atoms with Gasteiger partial charge in [0.05, 0.1) is 0 Å². The predicted molar refractivity (Wildman–Crippen MR) is 42.2 cm³/mol. The predicted octanol–water partition coefficient (Wildman–Crippen LogP) is 0.466. The van der Waals surface area contributed by atoms with E-state index in [1.165, 1.54) is 6.08 Å². The number of rotatable bonds is 2. The highest BCUT2D eigenvalue weighted by Gasteiger charge is 2.22. The molecule has 0 aromatic carbocycles. The van der Waals surface area contributed by atoms with Crippen molar-refractivity contribution >= 4 is 5.97 Å². The van der Waals surface area contributed by atoms with Crippen LogP contribution in [0.25, 0.3) is 0 Å². The third-order valence-electron chi connectivity index (χ3n) is 1.76. The van der Waals surface area contributed by atoms with Gasteiger partial charge in [-0.3, -0.25) is 0 Å². The van der Waals surface area contributed by atoms with Gasteiger partial charge < -0.3 is 10.1 Å². The molecular weight excluding hydrogens is 142 g/mol. The lowest BCUT2D eigenvalue weighted by Crippen LogP contribution is -2.20. The summed E-state index contributed by atoms with van der Waals surface area (Å²) in [5.74, 6) is -0.328. The van der Waals surface area contributed by atoms with Crippen molar-refractivity contribution in [2.45, 2.75) is 25.5 Å². The van der Waals surface area contributed by atoms with E-state index in [9.17, 15) is 4.79 Å². The Hall–Kier alpha value is -0.830. The molecule has 0 spiro atoms. The highest BCUT2D eigenvalue weighted by molar-refractivity contribution is 5.81. The quantitative estimate of drug-likeness (QED) is 0.465. The summed E-state index contributed by atoms with van der Waals surface area (Å²) in [5, 5.41) is 3.19. The molecule has 0 saturated carbocycles. The Kier molecular flexibility index (Phi) is 2.65. The van der Waals surface area contributed by atoms with Crippen LogP contribution < -0.4 is 5.32 Å². The Morgan fingerprint density at radius 1 is 1.82 bits per heavy atom. The Morgan fingerprint density at radius 2 is 2.55 bits per heavy atom. The number of hydrogen-bond acceptors (Lipinski definition) is 3. The van der Waals surface area contributed by atoms with Gasteiger partial charge in [0.2, 0.25) is 0 Å². The van der Waals surface area contributed by atoms with Crippen LogP contribution in [0.15, 0.2) is 12.7 Å². The molecule has 3 heteroatoms. The normalized spacial score (nSPS) is 29.9. The summed E-state index contributed by atoms with van der Waals surface area (Å²) in [7, 11) is 0. The fourth-order valence-electron chi connectivity index (χ4n) is 1.20. The Labute approximate surface area is 66.4 Å². The van der Waals surface area contributed by atoms with E-state index >= 15 is 0 Å². The minimum Gasteiger partial charge on any atom is -0.458 e. The van der Waals surface area contributed by atoms with Gasteiger partial charge in [0.25, 0.3) is 0 Å². The zero-order valence-electron chi connectivity index (χ0n) is 6.67. The van der Waals surface area contributed by atoms with Gasteiger partial charge in [-0.2, -0.15) is 0 Å². The van der Waals surface area contributed by atoms with E-state index < -0.39 is 0 Å². The van der Waals surface area contributed by atoms with E-state index in [0.717, 1.165) is 13.0 Å². The zero-order chi connectivity index (χ0) is 8.27. The first-order valence-electron chi connectivity index (χ1n) is 3.79. The SMILES string of the molecule is C=CC(=O)OC1CNC(C)C1. The van der Waals surface area contributed by atoms with Gasteiger partial charge in [-0.1, -0.05) is 6.58 Å². The number of carbonyl (C=O) groups is 1. The maximum absolute atomic E-state index is 10.7. The summed E-state index contributed by atoms with van der Waals surface area (Å²) in [4.78, 5) is 10.7. The fourth-order valence-corrected chi connectivity index (χ4v) is 1.20. The molecule has 0 aliphatic carbocycles. The van der Waals surface area contributed by atoms with Gasteiger partial charge in [-0.15, -0.1) is 0 Å². The van der Waals surface area contributed by atoms with Crippen molar-refractivity contribution in [1.82, 2.24) is 5.32 Å². The molecule has 0 aromatic rings.